The lowest BCUT2D eigenvalue weighted by molar-refractivity contribution is 0.0585. The van der Waals surface area contributed by atoms with E-state index in [4.69, 9.17) is 0 Å². The van der Waals surface area contributed by atoms with Crippen LogP contribution in [0.15, 0.2) is 24.8 Å². The maximum absolute atomic E-state index is 4.02. The third-order valence-electron chi connectivity index (χ3n) is 3.73. The SMILES string of the molecule is CCCCCC(Br)(N1C=CN(C)C1)N1C=CN(C)C1. The Morgan fingerprint density at radius 2 is 1.47 bits per heavy atom. The van der Waals surface area contributed by atoms with E-state index in [2.05, 4.69) is 81.3 Å². The minimum absolute atomic E-state index is 0.106. The van der Waals surface area contributed by atoms with Crippen LogP contribution in [0.2, 0.25) is 0 Å². The van der Waals surface area contributed by atoms with E-state index in [0.717, 1.165) is 19.8 Å². The van der Waals surface area contributed by atoms with Crippen LogP contribution in [-0.2, 0) is 0 Å². The molecule has 0 aromatic heterocycles. The monoisotopic (exact) mass is 328 g/mol. The molecule has 0 atom stereocenters. The van der Waals surface area contributed by atoms with Gasteiger partial charge in [-0.25, -0.2) is 0 Å². The highest BCUT2D eigenvalue weighted by atomic mass is 79.9. The molecule has 0 saturated carbocycles. The molecule has 4 nitrogen and oxygen atoms in total. The predicted octanol–water partition coefficient (Wildman–Crippen LogP) is 2.97. The zero-order valence-corrected chi connectivity index (χ0v) is 13.8. The van der Waals surface area contributed by atoms with E-state index in [1.807, 2.05) is 0 Å². The van der Waals surface area contributed by atoms with Crippen LogP contribution in [-0.4, -0.2) is 51.6 Å². The molecule has 5 heteroatoms. The van der Waals surface area contributed by atoms with Crippen LogP contribution < -0.4 is 0 Å². The van der Waals surface area contributed by atoms with Gasteiger partial charge in [0.1, 0.15) is 0 Å². The van der Waals surface area contributed by atoms with Gasteiger partial charge in [-0.2, -0.15) is 0 Å². The Hall–Kier alpha value is -0.840. The van der Waals surface area contributed by atoms with Gasteiger partial charge in [0.05, 0.1) is 13.3 Å². The number of unbranched alkanes of at least 4 members (excludes halogenated alkanes) is 2. The summed E-state index contributed by atoms with van der Waals surface area (Å²) in [4.78, 5) is 9.18. The fourth-order valence-electron chi connectivity index (χ4n) is 2.56. The smallest absolute Gasteiger partial charge is 0.172 e. The van der Waals surface area contributed by atoms with Gasteiger partial charge in [-0.05, 0) is 28.8 Å². The average Bonchev–Trinajstić information content (AvgIpc) is 2.98. The summed E-state index contributed by atoms with van der Waals surface area (Å²) in [5, 5.41) is 0. The van der Waals surface area contributed by atoms with Gasteiger partial charge in [-0.3, -0.25) is 0 Å². The first-order valence-corrected chi connectivity index (χ1v) is 7.85. The van der Waals surface area contributed by atoms with E-state index in [1.165, 1.54) is 19.3 Å². The number of hydrogen-bond acceptors (Lipinski definition) is 4. The maximum atomic E-state index is 4.02. The van der Waals surface area contributed by atoms with Crippen molar-refractivity contribution in [3.63, 3.8) is 0 Å². The van der Waals surface area contributed by atoms with Gasteiger partial charge in [0.2, 0.25) is 0 Å². The summed E-state index contributed by atoms with van der Waals surface area (Å²) in [6.45, 7) is 4.12. The lowest BCUT2D eigenvalue weighted by Crippen LogP contribution is -2.53. The van der Waals surface area contributed by atoms with E-state index in [9.17, 15) is 0 Å². The second kappa shape index (κ2) is 6.07. The molecule has 0 aromatic carbocycles. The largest absolute Gasteiger partial charge is 0.362 e. The van der Waals surface area contributed by atoms with Crippen molar-refractivity contribution in [2.24, 2.45) is 0 Å². The average molecular weight is 329 g/mol. The number of alkyl halides is 1. The molecule has 0 aliphatic carbocycles. The summed E-state index contributed by atoms with van der Waals surface area (Å²) < 4.78 is -0.106. The quantitative estimate of drug-likeness (QED) is 0.422. The Kier molecular flexibility index (Phi) is 4.66. The third-order valence-corrected chi connectivity index (χ3v) is 5.04. The molecule has 0 fully saturated rings. The van der Waals surface area contributed by atoms with Gasteiger partial charge in [0.15, 0.2) is 4.57 Å². The Balaban J connectivity index is 2.08. The molecular formula is C14H25BrN4. The van der Waals surface area contributed by atoms with Gasteiger partial charge in [-0.15, -0.1) is 0 Å². The minimum atomic E-state index is -0.106. The molecule has 2 aliphatic heterocycles. The number of nitrogens with zero attached hydrogens (tertiary/aromatic N) is 4. The molecule has 0 bridgehead atoms. The molecule has 0 spiro atoms. The van der Waals surface area contributed by atoms with E-state index in [1.54, 1.807) is 0 Å². The van der Waals surface area contributed by atoms with E-state index >= 15 is 0 Å². The second-order valence-corrected chi connectivity index (χ2v) is 6.78. The Morgan fingerprint density at radius 1 is 0.947 bits per heavy atom. The summed E-state index contributed by atoms with van der Waals surface area (Å²) >= 11 is 4.02. The fourth-order valence-corrected chi connectivity index (χ4v) is 3.30. The zero-order chi connectivity index (χ0) is 13.9. The minimum Gasteiger partial charge on any atom is -0.362 e. The van der Waals surface area contributed by atoms with Crippen LogP contribution in [0.5, 0.6) is 0 Å². The van der Waals surface area contributed by atoms with Gasteiger partial charge in [-0.1, -0.05) is 19.8 Å². The molecule has 0 saturated heterocycles. The highest BCUT2D eigenvalue weighted by Gasteiger charge is 2.40. The summed E-state index contributed by atoms with van der Waals surface area (Å²) in [6, 6.07) is 0. The molecule has 2 heterocycles. The number of rotatable bonds is 6. The summed E-state index contributed by atoms with van der Waals surface area (Å²) in [5.74, 6) is 0. The first-order valence-electron chi connectivity index (χ1n) is 7.06. The van der Waals surface area contributed by atoms with Crippen LogP contribution in [0, 0.1) is 0 Å². The molecule has 2 aliphatic rings. The number of hydrogen-bond donors (Lipinski definition) is 0. The van der Waals surface area contributed by atoms with E-state index in [-0.39, 0.29) is 4.57 Å². The Labute approximate surface area is 125 Å². The van der Waals surface area contributed by atoms with Crippen LogP contribution >= 0.6 is 15.9 Å². The molecule has 0 aromatic rings. The Morgan fingerprint density at radius 3 is 1.84 bits per heavy atom. The molecule has 0 unspecified atom stereocenters. The van der Waals surface area contributed by atoms with Crippen LogP contribution in [0.4, 0.5) is 0 Å². The van der Waals surface area contributed by atoms with Crippen LogP contribution in [0.1, 0.15) is 32.6 Å². The summed E-state index contributed by atoms with van der Waals surface area (Å²) in [6.07, 6.45) is 13.6. The number of halogens is 1. The molecule has 108 valence electrons. The predicted molar refractivity (Wildman–Crippen MR) is 83.0 cm³/mol. The fraction of sp³-hybridized carbons (Fsp3) is 0.714. The van der Waals surface area contributed by atoms with Gasteiger partial charge < -0.3 is 19.6 Å². The van der Waals surface area contributed by atoms with Gasteiger partial charge in [0.25, 0.3) is 0 Å². The first kappa shape index (κ1) is 14.6. The highest BCUT2D eigenvalue weighted by Crippen LogP contribution is 2.37. The topological polar surface area (TPSA) is 13.0 Å². The van der Waals surface area contributed by atoms with Crippen LogP contribution in [0.3, 0.4) is 0 Å². The van der Waals surface area contributed by atoms with Crippen molar-refractivity contribution < 1.29 is 0 Å². The van der Waals surface area contributed by atoms with Crippen molar-refractivity contribution in [3.05, 3.63) is 24.8 Å². The van der Waals surface area contributed by atoms with Crippen molar-refractivity contribution >= 4 is 15.9 Å². The third kappa shape index (κ3) is 3.19. The molecule has 0 N–H and O–H groups in total. The molecular weight excluding hydrogens is 304 g/mol. The van der Waals surface area contributed by atoms with Crippen molar-refractivity contribution in [1.29, 1.82) is 0 Å². The summed E-state index contributed by atoms with van der Waals surface area (Å²) in [7, 11) is 4.23. The standard InChI is InChI=1S/C14H25BrN4/c1-4-5-6-7-14(15,18-10-8-16(2)12-18)19-11-9-17(3)13-19/h8-11H,4-7,12-13H2,1-3H3. The van der Waals surface area contributed by atoms with Crippen molar-refractivity contribution in [2.75, 3.05) is 27.4 Å². The maximum Gasteiger partial charge on any atom is 0.172 e. The van der Waals surface area contributed by atoms with E-state index < -0.39 is 0 Å². The van der Waals surface area contributed by atoms with Crippen molar-refractivity contribution in [3.8, 4) is 0 Å². The molecule has 0 radical (unpaired) electrons. The lowest BCUT2D eigenvalue weighted by Gasteiger charge is -2.44. The van der Waals surface area contributed by atoms with Crippen molar-refractivity contribution in [1.82, 2.24) is 19.6 Å². The summed E-state index contributed by atoms with van der Waals surface area (Å²) in [5.41, 5.74) is 0. The molecule has 19 heavy (non-hydrogen) atoms. The Bertz CT molecular complexity index is 329. The highest BCUT2D eigenvalue weighted by molar-refractivity contribution is 9.10. The lowest BCUT2D eigenvalue weighted by atomic mass is 10.1. The molecule has 2 rings (SSSR count). The van der Waals surface area contributed by atoms with E-state index in [0.29, 0.717) is 0 Å². The van der Waals surface area contributed by atoms with Crippen molar-refractivity contribution in [2.45, 2.75) is 37.2 Å². The second-order valence-electron chi connectivity index (χ2n) is 5.51. The normalized spacial score (nSPS) is 19.2. The molecule has 0 amide bonds. The van der Waals surface area contributed by atoms with Gasteiger partial charge >= 0.3 is 0 Å². The zero-order valence-electron chi connectivity index (χ0n) is 12.2. The van der Waals surface area contributed by atoms with Gasteiger partial charge in [0, 0.05) is 38.9 Å². The van der Waals surface area contributed by atoms with Crippen LogP contribution in [0.25, 0.3) is 0 Å². The first-order chi connectivity index (χ1) is 9.06.